The molecular formula is C12H22N2O5. The highest BCUT2D eigenvalue weighted by Crippen LogP contribution is 2.07. The van der Waals surface area contributed by atoms with Crippen molar-refractivity contribution < 1.29 is 23.9 Å². The second-order valence-electron chi connectivity index (χ2n) is 5.14. The van der Waals surface area contributed by atoms with Crippen molar-refractivity contribution in [2.45, 2.75) is 39.3 Å². The van der Waals surface area contributed by atoms with Crippen molar-refractivity contribution in [2.24, 2.45) is 0 Å². The zero-order valence-electron chi connectivity index (χ0n) is 12.3. The summed E-state index contributed by atoms with van der Waals surface area (Å²) in [5.41, 5.74) is -0.634. The maximum atomic E-state index is 11.8. The van der Waals surface area contributed by atoms with E-state index in [9.17, 15) is 14.4 Å². The van der Waals surface area contributed by atoms with E-state index in [1.165, 1.54) is 26.0 Å². The van der Waals surface area contributed by atoms with Crippen LogP contribution in [0, 0.1) is 0 Å². The summed E-state index contributed by atoms with van der Waals surface area (Å²) >= 11 is 0. The van der Waals surface area contributed by atoms with Gasteiger partial charge in [-0.05, 0) is 27.7 Å². The Morgan fingerprint density at radius 2 is 1.79 bits per heavy atom. The zero-order valence-corrected chi connectivity index (χ0v) is 12.3. The number of carbonyl (C=O) groups excluding carboxylic acids is 3. The van der Waals surface area contributed by atoms with Crippen LogP contribution in [-0.4, -0.2) is 55.2 Å². The SMILES string of the molecule is COC(=O)CN(C)C(=O)C(C)NC(=O)OC(C)(C)C. The first-order chi connectivity index (χ1) is 8.56. The lowest BCUT2D eigenvalue weighted by molar-refractivity contribution is -0.146. The maximum Gasteiger partial charge on any atom is 0.408 e. The monoisotopic (exact) mass is 274 g/mol. The van der Waals surface area contributed by atoms with Crippen LogP contribution < -0.4 is 5.32 Å². The second kappa shape index (κ2) is 6.96. The molecular weight excluding hydrogens is 252 g/mol. The van der Waals surface area contributed by atoms with Crippen LogP contribution in [0.2, 0.25) is 0 Å². The normalized spacial score (nSPS) is 12.3. The average molecular weight is 274 g/mol. The third-order valence-electron chi connectivity index (χ3n) is 2.07. The highest BCUT2D eigenvalue weighted by molar-refractivity contribution is 5.87. The minimum atomic E-state index is -0.787. The van der Waals surface area contributed by atoms with E-state index in [4.69, 9.17) is 4.74 Å². The molecule has 0 heterocycles. The molecule has 7 heteroatoms. The van der Waals surface area contributed by atoms with Crippen LogP contribution in [-0.2, 0) is 19.1 Å². The zero-order chi connectivity index (χ0) is 15.2. The van der Waals surface area contributed by atoms with E-state index in [2.05, 4.69) is 10.1 Å². The summed E-state index contributed by atoms with van der Waals surface area (Å²) in [6, 6.07) is -0.787. The average Bonchev–Trinajstić information content (AvgIpc) is 2.24. The molecule has 0 aromatic carbocycles. The van der Waals surface area contributed by atoms with E-state index in [1.807, 2.05) is 0 Å². The molecule has 0 saturated carbocycles. The Kier molecular flexibility index (Phi) is 6.31. The van der Waals surface area contributed by atoms with Crippen molar-refractivity contribution in [3.05, 3.63) is 0 Å². The Morgan fingerprint density at radius 3 is 2.21 bits per heavy atom. The summed E-state index contributed by atoms with van der Waals surface area (Å²) < 4.78 is 9.48. The van der Waals surface area contributed by atoms with Crippen molar-refractivity contribution in [1.29, 1.82) is 0 Å². The highest BCUT2D eigenvalue weighted by atomic mass is 16.6. The van der Waals surface area contributed by atoms with Gasteiger partial charge in [-0.3, -0.25) is 9.59 Å². The summed E-state index contributed by atoms with van der Waals surface area (Å²) in [4.78, 5) is 35.5. The van der Waals surface area contributed by atoms with Gasteiger partial charge in [0.1, 0.15) is 18.2 Å². The summed E-state index contributed by atoms with van der Waals surface area (Å²) in [6.07, 6.45) is -0.681. The Bertz CT molecular complexity index is 349. The van der Waals surface area contributed by atoms with E-state index in [-0.39, 0.29) is 6.54 Å². The van der Waals surface area contributed by atoms with Crippen LogP contribution in [0.3, 0.4) is 0 Å². The largest absolute Gasteiger partial charge is 0.468 e. The number of nitrogens with zero attached hydrogens (tertiary/aromatic N) is 1. The van der Waals surface area contributed by atoms with Gasteiger partial charge in [0.15, 0.2) is 0 Å². The first-order valence-corrected chi connectivity index (χ1v) is 5.88. The van der Waals surface area contributed by atoms with Crippen LogP contribution in [0.15, 0.2) is 0 Å². The van der Waals surface area contributed by atoms with Crippen molar-refractivity contribution in [1.82, 2.24) is 10.2 Å². The van der Waals surface area contributed by atoms with Gasteiger partial charge >= 0.3 is 12.1 Å². The molecule has 1 N–H and O–H groups in total. The molecule has 0 bridgehead atoms. The maximum absolute atomic E-state index is 11.8. The number of ether oxygens (including phenoxy) is 2. The lowest BCUT2D eigenvalue weighted by atomic mass is 10.2. The topological polar surface area (TPSA) is 84.9 Å². The van der Waals surface area contributed by atoms with Crippen LogP contribution in [0.25, 0.3) is 0 Å². The predicted octanol–water partition coefficient (Wildman–Crippen LogP) is 0.531. The van der Waals surface area contributed by atoms with Crippen molar-refractivity contribution in [2.75, 3.05) is 20.7 Å². The van der Waals surface area contributed by atoms with Crippen LogP contribution in [0.1, 0.15) is 27.7 Å². The number of rotatable bonds is 4. The minimum Gasteiger partial charge on any atom is -0.468 e. The molecule has 0 saturated heterocycles. The molecule has 0 rings (SSSR count). The second-order valence-corrected chi connectivity index (χ2v) is 5.14. The first-order valence-electron chi connectivity index (χ1n) is 5.88. The van der Waals surface area contributed by atoms with Gasteiger partial charge < -0.3 is 19.7 Å². The summed E-state index contributed by atoms with van der Waals surface area (Å²) in [5, 5.41) is 2.40. The number of esters is 1. The fraction of sp³-hybridized carbons (Fsp3) is 0.750. The van der Waals surface area contributed by atoms with E-state index < -0.39 is 29.6 Å². The molecule has 0 aromatic heterocycles. The highest BCUT2D eigenvalue weighted by Gasteiger charge is 2.24. The number of methoxy groups -OCH3 is 1. The predicted molar refractivity (Wildman–Crippen MR) is 68.5 cm³/mol. The van der Waals surface area contributed by atoms with E-state index in [1.54, 1.807) is 20.8 Å². The Morgan fingerprint density at radius 1 is 1.26 bits per heavy atom. The van der Waals surface area contributed by atoms with Gasteiger partial charge in [-0.15, -0.1) is 0 Å². The van der Waals surface area contributed by atoms with Crippen LogP contribution in [0.4, 0.5) is 4.79 Å². The lowest BCUT2D eigenvalue weighted by Gasteiger charge is -2.24. The Hall–Kier alpha value is -1.79. The summed E-state index contributed by atoms with van der Waals surface area (Å²) in [7, 11) is 2.69. The van der Waals surface area contributed by atoms with Gasteiger partial charge in [-0.25, -0.2) is 4.79 Å². The van der Waals surface area contributed by atoms with Gasteiger partial charge in [0, 0.05) is 7.05 Å². The van der Waals surface area contributed by atoms with Crippen LogP contribution in [0.5, 0.6) is 0 Å². The van der Waals surface area contributed by atoms with E-state index >= 15 is 0 Å². The number of nitrogens with one attached hydrogen (secondary N) is 1. The molecule has 0 radical (unpaired) electrons. The van der Waals surface area contributed by atoms with Gasteiger partial charge in [-0.2, -0.15) is 0 Å². The standard InChI is InChI=1S/C12H22N2O5/c1-8(13-11(17)19-12(2,3)4)10(16)14(5)7-9(15)18-6/h8H,7H2,1-6H3,(H,13,17). The van der Waals surface area contributed by atoms with Crippen molar-refractivity contribution in [3.8, 4) is 0 Å². The summed E-state index contributed by atoms with van der Waals surface area (Å²) in [6.45, 7) is 6.52. The molecule has 0 aliphatic carbocycles. The number of amides is 2. The molecule has 19 heavy (non-hydrogen) atoms. The lowest BCUT2D eigenvalue weighted by Crippen LogP contribution is -2.48. The Balaban J connectivity index is 4.34. The third kappa shape index (κ3) is 7.28. The van der Waals surface area contributed by atoms with Gasteiger partial charge in [0.2, 0.25) is 5.91 Å². The molecule has 1 unspecified atom stereocenters. The fourth-order valence-corrected chi connectivity index (χ4v) is 1.21. The summed E-state index contributed by atoms with van der Waals surface area (Å²) in [5.74, 6) is -0.934. The quantitative estimate of drug-likeness (QED) is 0.756. The fourth-order valence-electron chi connectivity index (χ4n) is 1.21. The molecule has 2 amide bonds. The number of carbonyl (C=O) groups is 3. The van der Waals surface area contributed by atoms with Crippen molar-refractivity contribution >= 4 is 18.0 Å². The number of hydrogen-bond donors (Lipinski definition) is 1. The molecule has 0 spiro atoms. The smallest absolute Gasteiger partial charge is 0.408 e. The molecule has 1 atom stereocenters. The Labute approximate surface area is 113 Å². The first kappa shape index (κ1) is 17.2. The van der Waals surface area contributed by atoms with Gasteiger partial charge in [0.25, 0.3) is 0 Å². The number of hydrogen-bond acceptors (Lipinski definition) is 5. The van der Waals surface area contributed by atoms with Crippen LogP contribution >= 0.6 is 0 Å². The molecule has 0 aliphatic rings. The van der Waals surface area contributed by atoms with Gasteiger partial charge in [0.05, 0.1) is 7.11 Å². The molecule has 0 aliphatic heterocycles. The molecule has 0 aromatic rings. The molecule has 110 valence electrons. The van der Waals surface area contributed by atoms with Gasteiger partial charge in [-0.1, -0.05) is 0 Å². The number of likely N-dealkylation sites (N-methyl/N-ethyl adjacent to an activating group) is 1. The molecule has 7 nitrogen and oxygen atoms in total. The van der Waals surface area contributed by atoms with E-state index in [0.717, 1.165) is 0 Å². The minimum absolute atomic E-state index is 0.171. The van der Waals surface area contributed by atoms with E-state index in [0.29, 0.717) is 0 Å². The molecule has 0 fully saturated rings. The van der Waals surface area contributed by atoms with Crippen molar-refractivity contribution in [3.63, 3.8) is 0 Å². The number of alkyl carbamates (subject to hydrolysis) is 1. The third-order valence-corrected chi connectivity index (χ3v) is 2.07.